The molecule has 0 bridgehead atoms. The molecule has 1 aromatic rings. The zero-order chi connectivity index (χ0) is 13.5. The number of carbonyl (C=O) groups excluding carboxylic acids is 1. The van der Waals surface area contributed by atoms with Gasteiger partial charge in [0.15, 0.2) is 0 Å². The minimum Gasteiger partial charge on any atom is -0.396 e. The Balaban J connectivity index is 1.99. The van der Waals surface area contributed by atoms with E-state index in [1.165, 1.54) is 5.56 Å². The summed E-state index contributed by atoms with van der Waals surface area (Å²) in [5, 5.41) is 12.1. The van der Waals surface area contributed by atoms with E-state index in [1.54, 1.807) is 0 Å². The Labute approximate surface area is 114 Å². The number of amides is 1. The minimum atomic E-state index is 0.214. The summed E-state index contributed by atoms with van der Waals surface area (Å²) in [6, 6.07) is 8.16. The predicted molar refractivity (Wildman–Crippen MR) is 75.9 cm³/mol. The van der Waals surface area contributed by atoms with Crippen molar-refractivity contribution in [1.82, 2.24) is 4.90 Å². The number of aliphatic hydroxyl groups is 1. The van der Waals surface area contributed by atoms with Gasteiger partial charge in [0.25, 0.3) is 0 Å². The molecule has 104 valence electrons. The van der Waals surface area contributed by atoms with Crippen LogP contribution in [0, 0.1) is 0 Å². The van der Waals surface area contributed by atoms with E-state index in [-0.39, 0.29) is 12.5 Å². The van der Waals surface area contributed by atoms with Crippen molar-refractivity contribution in [1.29, 1.82) is 0 Å². The molecular weight excluding hydrogens is 240 g/mol. The fourth-order valence-electron chi connectivity index (χ4n) is 2.38. The lowest BCUT2D eigenvalue weighted by molar-refractivity contribution is -0.131. The molecule has 4 nitrogen and oxygen atoms in total. The maximum absolute atomic E-state index is 12.1. The van der Waals surface area contributed by atoms with Crippen LogP contribution < -0.4 is 5.32 Å². The molecule has 2 N–H and O–H groups in total. The van der Waals surface area contributed by atoms with Crippen molar-refractivity contribution >= 4 is 11.6 Å². The Hall–Kier alpha value is -1.55. The lowest BCUT2D eigenvalue weighted by Crippen LogP contribution is -2.34. The number of carbonyl (C=O) groups is 1. The van der Waals surface area contributed by atoms with Crippen molar-refractivity contribution in [2.24, 2.45) is 0 Å². The highest BCUT2D eigenvalue weighted by atomic mass is 16.2. The van der Waals surface area contributed by atoms with Crippen LogP contribution in [0.4, 0.5) is 5.69 Å². The summed E-state index contributed by atoms with van der Waals surface area (Å²) in [5.74, 6) is 0.214. The summed E-state index contributed by atoms with van der Waals surface area (Å²) in [6.45, 7) is 2.40. The average molecular weight is 262 g/mol. The van der Waals surface area contributed by atoms with Crippen LogP contribution in [0.25, 0.3) is 0 Å². The third kappa shape index (κ3) is 3.96. The molecule has 19 heavy (non-hydrogen) atoms. The summed E-state index contributed by atoms with van der Waals surface area (Å²) in [5.41, 5.74) is 2.31. The fourth-order valence-corrected chi connectivity index (χ4v) is 2.38. The standard InChI is InChI=1S/C15H22N2O2/c18-11-5-1-4-10-17-12-13-6-2-3-7-14(13)16-9-8-15(17)19/h2-3,6-7,16,18H,1,4-5,8-12H2. The van der Waals surface area contributed by atoms with Gasteiger partial charge in [0.05, 0.1) is 0 Å². The molecule has 1 aliphatic heterocycles. The number of para-hydroxylation sites is 1. The van der Waals surface area contributed by atoms with Crippen LogP contribution in [0.15, 0.2) is 24.3 Å². The highest BCUT2D eigenvalue weighted by Gasteiger charge is 2.17. The number of rotatable bonds is 5. The quantitative estimate of drug-likeness (QED) is 0.798. The van der Waals surface area contributed by atoms with Gasteiger partial charge in [-0.25, -0.2) is 0 Å². The summed E-state index contributed by atoms with van der Waals surface area (Å²) in [6.07, 6.45) is 3.30. The van der Waals surface area contributed by atoms with Gasteiger partial charge in [0.1, 0.15) is 0 Å². The van der Waals surface area contributed by atoms with E-state index >= 15 is 0 Å². The summed E-state index contributed by atoms with van der Waals surface area (Å²) >= 11 is 0. The molecule has 0 unspecified atom stereocenters. The summed E-state index contributed by atoms with van der Waals surface area (Å²) < 4.78 is 0. The van der Waals surface area contributed by atoms with Crippen molar-refractivity contribution in [2.75, 3.05) is 25.0 Å². The molecule has 0 radical (unpaired) electrons. The van der Waals surface area contributed by atoms with E-state index < -0.39 is 0 Å². The van der Waals surface area contributed by atoms with E-state index in [1.807, 2.05) is 17.0 Å². The van der Waals surface area contributed by atoms with Crippen molar-refractivity contribution in [3.05, 3.63) is 29.8 Å². The first-order valence-corrected chi connectivity index (χ1v) is 7.01. The van der Waals surface area contributed by atoms with Crippen molar-refractivity contribution < 1.29 is 9.90 Å². The first-order valence-electron chi connectivity index (χ1n) is 7.01. The van der Waals surface area contributed by atoms with Crippen molar-refractivity contribution in [3.63, 3.8) is 0 Å². The lowest BCUT2D eigenvalue weighted by Gasteiger charge is -2.27. The van der Waals surface area contributed by atoms with Gasteiger partial charge in [-0.2, -0.15) is 0 Å². The summed E-state index contributed by atoms with van der Waals surface area (Å²) in [4.78, 5) is 14.0. The minimum absolute atomic E-state index is 0.214. The molecule has 0 saturated carbocycles. The molecule has 2 rings (SSSR count). The van der Waals surface area contributed by atoms with E-state index in [0.717, 1.165) is 31.5 Å². The molecule has 0 aromatic heterocycles. The Bertz CT molecular complexity index is 420. The summed E-state index contributed by atoms with van der Waals surface area (Å²) in [7, 11) is 0. The molecule has 0 saturated heterocycles. The van der Waals surface area contributed by atoms with E-state index in [4.69, 9.17) is 5.11 Å². The number of nitrogens with one attached hydrogen (secondary N) is 1. The molecular formula is C15H22N2O2. The molecule has 0 atom stereocenters. The molecule has 1 aliphatic rings. The Morgan fingerprint density at radius 3 is 2.89 bits per heavy atom. The van der Waals surface area contributed by atoms with Crippen LogP contribution in [-0.2, 0) is 11.3 Å². The van der Waals surface area contributed by atoms with Gasteiger partial charge < -0.3 is 15.3 Å². The molecule has 1 aromatic carbocycles. The fraction of sp³-hybridized carbons (Fsp3) is 0.533. The smallest absolute Gasteiger partial charge is 0.224 e. The number of benzene rings is 1. The van der Waals surface area contributed by atoms with Crippen LogP contribution in [-0.4, -0.2) is 35.6 Å². The first-order chi connectivity index (χ1) is 9.31. The Kier molecular flexibility index (Phi) is 5.21. The number of unbranched alkanes of at least 4 members (excludes halogenated alkanes) is 2. The number of fused-ring (bicyclic) bond motifs is 1. The Morgan fingerprint density at radius 1 is 1.21 bits per heavy atom. The number of hydrogen-bond acceptors (Lipinski definition) is 3. The maximum Gasteiger partial charge on any atom is 0.224 e. The molecule has 4 heteroatoms. The maximum atomic E-state index is 12.1. The third-order valence-electron chi connectivity index (χ3n) is 3.47. The van der Waals surface area contributed by atoms with Crippen molar-refractivity contribution in [3.8, 4) is 0 Å². The van der Waals surface area contributed by atoms with Crippen LogP contribution in [0.5, 0.6) is 0 Å². The van der Waals surface area contributed by atoms with Crippen LogP contribution in [0.1, 0.15) is 31.2 Å². The SMILES string of the molecule is O=C1CCNc2ccccc2CN1CCCCCO. The second-order valence-corrected chi connectivity index (χ2v) is 4.93. The van der Waals surface area contributed by atoms with Gasteiger partial charge in [-0.15, -0.1) is 0 Å². The first kappa shape index (κ1) is 13.9. The Morgan fingerprint density at radius 2 is 2.05 bits per heavy atom. The highest BCUT2D eigenvalue weighted by Crippen LogP contribution is 2.20. The van der Waals surface area contributed by atoms with Crippen LogP contribution in [0.2, 0.25) is 0 Å². The van der Waals surface area contributed by atoms with Gasteiger partial charge in [-0.1, -0.05) is 18.2 Å². The number of anilines is 1. The molecule has 0 spiro atoms. The molecule has 1 heterocycles. The normalized spacial score (nSPS) is 15.4. The second-order valence-electron chi connectivity index (χ2n) is 4.93. The zero-order valence-electron chi connectivity index (χ0n) is 11.3. The highest BCUT2D eigenvalue weighted by molar-refractivity contribution is 5.77. The van der Waals surface area contributed by atoms with E-state index in [9.17, 15) is 4.79 Å². The monoisotopic (exact) mass is 262 g/mol. The van der Waals surface area contributed by atoms with Gasteiger partial charge in [-0.05, 0) is 30.9 Å². The zero-order valence-corrected chi connectivity index (χ0v) is 11.3. The predicted octanol–water partition coefficient (Wildman–Crippen LogP) is 1.99. The number of hydrogen-bond donors (Lipinski definition) is 2. The third-order valence-corrected chi connectivity index (χ3v) is 3.47. The lowest BCUT2D eigenvalue weighted by atomic mass is 10.1. The molecule has 1 amide bonds. The van der Waals surface area contributed by atoms with Gasteiger partial charge in [0.2, 0.25) is 5.91 Å². The molecule has 0 aliphatic carbocycles. The number of nitrogens with zero attached hydrogens (tertiary/aromatic N) is 1. The van der Waals surface area contributed by atoms with Gasteiger partial charge >= 0.3 is 0 Å². The van der Waals surface area contributed by atoms with Crippen molar-refractivity contribution in [2.45, 2.75) is 32.2 Å². The second kappa shape index (κ2) is 7.14. The topological polar surface area (TPSA) is 52.6 Å². The van der Waals surface area contributed by atoms with E-state index in [2.05, 4.69) is 17.4 Å². The van der Waals surface area contributed by atoms with E-state index in [0.29, 0.717) is 19.5 Å². The molecule has 0 fully saturated rings. The van der Waals surface area contributed by atoms with Crippen LogP contribution >= 0.6 is 0 Å². The van der Waals surface area contributed by atoms with Gasteiger partial charge in [-0.3, -0.25) is 4.79 Å². The van der Waals surface area contributed by atoms with Gasteiger partial charge in [0, 0.05) is 38.3 Å². The van der Waals surface area contributed by atoms with Crippen LogP contribution in [0.3, 0.4) is 0 Å². The average Bonchev–Trinajstić information content (AvgIpc) is 2.41. The largest absolute Gasteiger partial charge is 0.396 e. The number of aliphatic hydroxyl groups excluding tert-OH is 1.